The monoisotopic (exact) mass is 446 g/mol. The molecule has 0 spiro atoms. The Balaban J connectivity index is 2.18. The van der Waals surface area contributed by atoms with E-state index < -0.39 is 23.0 Å². The molecule has 0 fully saturated rings. The lowest BCUT2D eigenvalue weighted by atomic mass is 10.1. The number of hydrogen-bond acceptors (Lipinski definition) is 5. The summed E-state index contributed by atoms with van der Waals surface area (Å²) in [7, 11) is 1.45. The summed E-state index contributed by atoms with van der Waals surface area (Å²) < 4.78 is 19.6. The maximum Gasteiger partial charge on any atom is 0.330 e. The van der Waals surface area contributed by atoms with Gasteiger partial charge in [-0.1, -0.05) is 41.9 Å². The molecule has 8 nitrogen and oxygen atoms in total. The normalized spacial score (nSPS) is 10.8. The van der Waals surface area contributed by atoms with Crippen LogP contribution in [0.2, 0.25) is 5.02 Å². The lowest BCUT2D eigenvalue weighted by Crippen LogP contribution is -2.41. The number of carbonyl (C=O) groups is 1. The Bertz CT molecular complexity index is 1210. The smallest absolute Gasteiger partial charge is 0.330 e. The van der Waals surface area contributed by atoms with Gasteiger partial charge in [0.15, 0.2) is 5.69 Å². The second-order valence-corrected chi connectivity index (χ2v) is 7.05. The Kier molecular flexibility index (Phi) is 6.88. The van der Waals surface area contributed by atoms with Crippen LogP contribution in [0.1, 0.15) is 15.9 Å². The van der Waals surface area contributed by atoms with Crippen molar-refractivity contribution in [3.63, 3.8) is 0 Å². The molecule has 3 N–H and O–H groups in total. The number of halogens is 2. The van der Waals surface area contributed by atoms with Gasteiger partial charge in [-0.25, -0.2) is 9.18 Å². The van der Waals surface area contributed by atoms with Crippen LogP contribution in [0.15, 0.2) is 58.1 Å². The maximum absolute atomic E-state index is 13.5. The number of aromatic amines is 1. The standard InChI is InChI=1S/C21H20ClFN4O4/c1-31-10-9-26-18(24)17(19(28)25-21(26)30)27(12-13-5-3-2-4-6-13)20(29)15-8-7-14(23)11-16(15)22/h2-8,11H,9-10,12,24H2,1H3,(H,25,28,30). The number of amides is 1. The number of nitrogens with two attached hydrogens (primary N) is 1. The number of ether oxygens (including phenoxy) is 1. The van der Waals surface area contributed by atoms with E-state index in [-0.39, 0.29) is 41.8 Å². The number of nitrogens with one attached hydrogen (secondary N) is 1. The van der Waals surface area contributed by atoms with Crippen LogP contribution in [0.5, 0.6) is 0 Å². The zero-order valence-corrected chi connectivity index (χ0v) is 17.4. The topological polar surface area (TPSA) is 110 Å². The summed E-state index contributed by atoms with van der Waals surface area (Å²) in [6.07, 6.45) is 0. The van der Waals surface area contributed by atoms with E-state index in [9.17, 15) is 18.8 Å². The number of hydrogen-bond donors (Lipinski definition) is 2. The number of nitrogens with zero attached hydrogens (tertiary/aromatic N) is 2. The molecule has 3 rings (SSSR count). The average Bonchev–Trinajstić information content (AvgIpc) is 2.73. The van der Waals surface area contributed by atoms with Gasteiger partial charge in [-0.3, -0.25) is 24.0 Å². The van der Waals surface area contributed by atoms with Crippen LogP contribution in [0, 0.1) is 5.82 Å². The van der Waals surface area contributed by atoms with Crippen LogP contribution in [-0.4, -0.2) is 29.2 Å². The van der Waals surface area contributed by atoms with Crippen LogP contribution in [0.4, 0.5) is 15.9 Å². The fraction of sp³-hybridized carbons (Fsp3) is 0.190. The quantitative estimate of drug-likeness (QED) is 0.579. The van der Waals surface area contributed by atoms with Crippen molar-refractivity contribution in [2.24, 2.45) is 0 Å². The first-order valence-electron chi connectivity index (χ1n) is 9.26. The van der Waals surface area contributed by atoms with Crippen molar-refractivity contribution in [3.8, 4) is 0 Å². The van der Waals surface area contributed by atoms with E-state index in [0.717, 1.165) is 21.6 Å². The summed E-state index contributed by atoms with van der Waals surface area (Å²) in [6.45, 7) is 0.185. The molecule has 0 atom stereocenters. The van der Waals surface area contributed by atoms with Gasteiger partial charge in [0.25, 0.3) is 11.5 Å². The fourth-order valence-electron chi connectivity index (χ4n) is 3.07. The maximum atomic E-state index is 13.5. The van der Waals surface area contributed by atoms with E-state index in [4.69, 9.17) is 22.1 Å². The van der Waals surface area contributed by atoms with Gasteiger partial charge in [-0.2, -0.15) is 0 Å². The molecule has 1 amide bonds. The van der Waals surface area contributed by atoms with Gasteiger partial charge < -0.3 is 10.5 Å². The molecule has 31 heavy (non-hydrogen) atoms. The van der Waals surface area contributed by atoms with Crippen LogP contribution in [-0.2, 0) is 17.8 Å². The van der Waals surface area contributed by atoms with Crippen LogP contribution in [0.25, 0.3) is 0 Å². The number of H-pyrrole nitrogens is 1. The van der Waals surface area contributed by atoms with E-state index in [0.29, 0.717) is 5.56 Å². The van der Waals surface area contributed by atoms with Crippen LogP contribution >= 0.6 is 11.6 Å². The predicted octanol–water partition coefficient (Wildman–Crippen LogP) is 2.40. The Morgan fingerprint density at radius 3 is 2.58 bits per heavy atom. The van der Waals surface area contributed by atoms with E-state index in [2.05, 4.69) is 4.98 Å². The van der Waals surface area contributed by atoms with Crippen molar-refractivity contribution < 1.29 is 13.9 Å². The van der Waals surface area contributed by atoms with Gasteiger partial charge in [0, 0.05) is 7.11 Å². The highest BCUT2D eigenvalue weighted by atomic mass is 35.5. The Hall–Kier alpha value is -3.43. The molecule has 10 heteroatoms. The number of carbonyl (C=O) groups excluding carboxylic acids is 1. The van der Waals surface area contributed by atoms with Gasteiger partial charge in [-0.15, -0.1) is 0 Å². The summed E-state index contributed by atoms with van der Waals surface area (Å²) in [5, 5.41) is -0.120. The highest BCUT2D eigenvalue weighted by molar-refractivity contribution is 6.34. The lowest BCUT2D eigenvalue weighted by Gasteiger charge is -2.25. The molecule has 0 aliphatic heterocycles. The third-order valence-corrected chi connectivity index (χ3v) is 4.91. The van der Waals surface area contributed by atoms with Crippen LogP contribution in [0.3, 0.4) is 0 Å². The molecule has 0 saturated heterocycles. The molecule has 0 bridgehead atoms. The van der Waals surface area contributed by atoms with Crippen molar-refractivity contribution in [2.45, 2.75) is 13.1 Å². The van der Waals surface area contributed by atoms with Crippen molar-refractivity contribution in [2.75, 3.05) is 24.4 Å². The fourth-order valence-corrected chi connectivity index (χ4v) is 3.32. The molecule has 1 heterocycles. The Labute approximate surface area is 181 Å². The van der Waals surface area contributed by atoms with Crippen molar-refractivity contribution in [3.05, 3.63) is 91.3 Å². The third kappa shape index (κ3) is 4.84. The minimum atomic E-state index is -0.835. The molecule has 0 aliphatic carbocycles. The molecule has 0 saturated carbocycles. The number of anilines is 2. The molecule has 162 valence electrons. The molecular weight excluding hydrogens is 427 g/mol. The number of rotatable bonds is 7. The van der Waals surface area contributed by atoms with E-state index in [1.165, 1.54) is 13.2 Å². The highest BCUT2D eigenvalue weighted by Gasteiger charge is 2.27. The molecule has 2 aromatic carbocycles. The zero-order chi connectivity index (χ0) is 22.5. The van der Waals surface area contributed by atoms with E-state index in [1.807, 2.05) is 0 Å². The second-order valence-electron chi connectivity index (χ2n) is 6.64. The third-order valence-electron chi connectivity index (χ3n) is 4.59. The van der Waals surface area contributed by atoms with Crippen molar-refractivity contribution >= 4 is 29.0 Å². The van der Waals surface area contributed by atoms with Crippen molar-refractivity contribution in [1.82, 2.24) is 9.55 Å². The van der Waals surface area contributed by atoms with Gasteiger partial charge in [-0.05, 0) is 23.8 Å². The molecular formula is C21H20ClFN4O4. The second kappa shape index (κ2) is 9.59. The summed E-state index contributed by atoms with van der Waals surface area (Å²) in [6, 6.07) is 12.2. The first kappa shape index (κ1) is 22.3. The molecule has 0 unspecified atom stereocenters. The molecule has 3 aromatic rings. The van der Waals surface area contributed by atoms with E-state index in [1.54, 1.807) is 30.3 Å². The largest absolute Gasteiger partial charge is 0.383 e. The number of methoxy groups -OCH3 is 1. The number of nitrogen functional groups attached to an aromatic ring is 1. The van der Waals surface area contributed by atoms with Crippen molar-refractivity contribution in [1.29, 1.82) is 0 Å². The summed E-state index contributed by atoms with van der Waals surface area (Å²) in [4.78, 5) is 41.7. The summed E-state index contributed by atoms with van der Waals surface area (Å²) in [5.74, 6) is -1.49. The average molecular weight is 447 g/mol. The van der Waals surface area contributed by atoms with Gasteiger partial charge in [0.2, 0.25) is 0 Å². The minimum absolute atomic E-state index is 0.0209. The predicted molar refractivity (Wildman–Crippen MR) is 116 cm³/mol. The molecule has 0 radical (unpaired) electrons. The number of aromatic nitrogens is 2. The summed E-state index contributed by atoms with van der Waals surface area (Å²) in [5.41, 5.74) is 5.06. The van der Waals surface area contributed by atoms with Crippen LogP contribution < -0.4 is 21.9 Å². The van der Waals surface area contributed by atoms with E-state index >= 15 is 0 Å². The molecule has 1 aromatic heterocycles. The Morgan fingerprint density at radius 1 is 1.23 bits per heavy atom. The minimum Gasteiger partial charge on any atom is -0.383 e. The van der Waals surface area contributed by atoms with Gasteiger partial charge >= 0.3 is 5.69 Å². The molecule has 0 aliphatic rings. The van der Waals surface area contributed by atoms with Gasteiger partial charge in [0.05, 0.1) is 30.3 Å². The summed E-state index contributed by atoms with van der Waals surface area (Å²) >= 11 is 6.09. The Morgan fingerprint density at radius 2 is 1.94 bits per heavy atom. The highest BCUT2D eigenvalue weighted by Crippen LogP contribution is 2.25. The SMILES string of the molecule is COCCn1c(N)c(N(Cc2ccccc2)C(=O)c2ccc(F)cc2Cl)c(=O)[nH]c1=O. The van der Waals surface area contributed by atoms with Gasteiger partial charge in [0.1, 0.15) is 11.6 Å². The zero-order valence-electron chi connectivity index (χ0n) is 16.6. The number of benzene rings is 2. The lowest BCUT2D eigenvalue weighted by molar-refractivity contribution is 0.0985. The first-order chi connectivity index (χ1) is 14.8. The first-order valence-corrected chi connectivity index (χ1v) is 9.63.